The highest BCUT2D eigenvalue weighted by Crippen LogP contribution is 2.27. The fraction of sp³-hybridized carbons (Fsp3) is 0.500. The van der Waals surface area contributed by atoms with Gasteiger partial charge in [0.05, 0.1) is 5.88 Å². The summed E-state index contributed by atoms with van der Waals surface area (Å²) in [7, 11) is -2.52. The Labute approximate surface area is 133 Å². The van der Waals surface area contributed by atoms with Gasteiger partial charge in [0.15, 0.2) is 0 Å². The first-order valence-corrected chi connectivity index (χ1v) is 9.51. The van der Waals surface area contributed by atoms with Gasteiger partial charge < -0.3 is 0 Å². The molecule has 0 N–H and O–H groups in total. The average Bonchev–Trinajstić information content (AvgIpc) is 2.40. The van der Waals surface area contributed by atoms with E-state index in [4.69, 9.17) is 23.2 Å². The predicted molar refractivity (Wildman–Crippen MR) is 83.8 cm³/mol. The second kappa shape index (κ2) is 7.31. The van der Waals surface area contributed by atoms with Crippen molar-refractivity contribution in [3.8, 4) is 0 Å². The number of hydrogen-bond acceptors (Lipinski definition) is 3. The summed E-state index contributed by atoms with van der Waals surface area (Å²) in [6.07, 6.45) is 1.88. The van der Waals surface area contributed by atoms with E-state index in [9.17, 15) is 12.8 Å². The Morgan fingerprint density at radius 1 is 1.45 bits per heavy atom. The van der Waals surface area contributed by atoms with Crippen LogP contribution in [0.15, 0.2) is 17.0 Å². The Hall–Kier alpha value is -0.0100. The van der Waals surface area contributed by atoms with E-state index in [1.54, 1.807) is 6.92 Å². The van der Waals surface area contributed by atoms with Crippen molar-refractivity contribution < 1.29 is 12.8 Å². The molecule has 1 aromatic rings. The summed E-state index contributed by atoms with van der Waals surface area (Å²) in [6, 6.07) is 2.19. The van der Waals surface area contributed by atoms with Crippen molar-refractivity contribution in [2.24, 2.45) is 0 Å². The second-order valence-electron chi connectivity index (χ2n) is 4.34. The number of hydrogen-bond donors (Lipinski definition) is 0. The molecule has 0 fully saturated rings. The maximum absolute atomic E-state index is 14.2. The van der Waals surface area contributed by atoms with E-state index >= 15 is 0 Å². The zero-order valence-electron chi connectivity index (χ0n) is 11.4. The molecule has 8 heteroatoms. The van der Waals surface area contributed by atoms with Gasteiger partial charge in [-0.1, -0.05) is 11.6 Å². The molecule has 0 heterocycles. The van der Waals surface area contributed by atoms with E-state index < -0.39 is 20.7 Å². The molecule has 0 aliphatic rings. The summed E-state index contributed by atoms with van der Waals surface area (Å²) in [6.45, 7) is 1.76. The summed E-state index contributed by atoms with van der Waals surface area (Å²) in [4.78, 5) is -0.434. The maximum atomic E-state index is 14.2. The Bertz CT molecular complexity index is 581. The van der Waals surface area contributed by atoms with Gasteiger partial charge in [0.1, 0.15) is 10.7 Å². The van der Waals surface area contributed by atoms with Crippen LogP contribution in [-0.2, 0) is 15.9 Å². The average molecular weight is 360 g/mol. The minimum Gasteiger partial charge on any atom is -0.207 e. The van der Waals surface area contributed by atoms with E-state index in [0.29, 0.717) is 5.75 Å². The molecule has 1 aromatic carbocycles. The number of alkyl halides is 1. The molecule has 1 unspecified atom stereocenters. The van der Waals surface area contributed by atoms with Crippen LogP contribution in [0, 0.1) is 5.82 Å². The number of sulfonamides is 1. The van der Waals surface area contributed by atoms with Crippen LogP contribution in [0.1, 0.15) is 12.5 Å². The fourth-order valence-corrected chi connectivity index (χ4v) is 4.43. The van der Waals surface area contributed by atoms with Gasteiger partial charge in [-0.25, -0.2) is 12.8 Å². The van der Waals surface area contributed by atoms with Crippen molar-refractivity contribution in [1.29, 1.82) is 0 Å². The van der Waals surface area contributed by atoms with Crippen LogP contribution >= 0.6 is 35.0 Å². The molecule has 0 radical (unpaired) electrons. The smallest absolute Gasteiger partial charge is 0.207 e. The minimum atomic E-state index is -3.94. The minimum absolute atomic E-state index is 0.0728. The maximum Gasteiger partial charge on any atom is 0.246 e. The Balaban J connectivity index is 3.32. The Kier molecular flexibility index (Phi) is 6.60. The topological polar surface area (TPSA) is 37.4 Å². The third kappa shape index (κ3) is 3.80. The van der Waals surface area contributed by atoms with Gasteiger partial charge in [0.25, 0.3) is 0 Å². The molecule has 0 amide bonds. The monoisotopic (exact) mass is 359 g/mol. The first-order valence-electron chi connectivity index (χ1n) is 5.76. The van der Waals surface area contributed by atoms with Gasteiger partial charge in [0, 0.05) is 29.4 Å². The van der Waals surface area contributed by atoms with E-state index in [2.05, 4.69) is 0 Å². The second-order valence-corrected chi connectivity index (χ2v) is 7.92. The largest absolute Gasteiger partial charge is 0.246 e. The molecule has 0 spiro atoms. The highest BCUT2D eigenvalue weighted by atomic mass is 35.5. The van der Waals surface area contributed by atoms with E-state index in [0.717, 1.165) is 10.4 Å². The SMILES string of the molecule is CSCC(C)N(C)S(=O)(=O)c1cc(Cl)cc(CCl)c1F. The van der Waals surface area contributed by atoms with Crippen LogP contribution in [0.2, 0.25) is 5.02 Å². The number of thioether (sulfide) groups is 1. The molecule has 0 saturated carbocycles. The summed E-state index contributed by atoms with van der Waals surface area (Å²) in [5, 5.41) is 0.145. The Morgan fingerprint density at radius 3 is 2.55 bits per heavy atom. The van der Waals surface area contributed by atoms with Crippen molar-refractivity contribution in [3.05, 3.63) is 28.5 Å². The molecule has 0 aliphatic heterocycles. The van der Waals surface area contributed by atoms with E-state index in [1.807, 2.05) is 6.26 Å². The highest BCUT2D eigenvalue weighted by molar-refractivity contribution is 7.98. The summed E-state index contributed by atoms with van der Waals surface area (Å²) < 4.78 is 40.3. The molecule has 3 nitrogen and oxygen atoms in total. The van der Waals surface area contributed by atoms with Crippen molar-refractivity contribution in [1.82, 2.24) is 4.31 Å². The number of halogens is 3. The fourth-order valence-electron chi connectivity index (χ4n) is 1.64. The highest BCUT2D eigenvalue weighted by Gasteiger charge is 2.29. The van der Waals surface area contributed by atoms with Gasteiger partial charge in [-0.2, -0.15) is 16.1 Å². The van der Waals surface area contributed by atoms with Crippen molar-refractivity contribution >= 4 is 45.0 Å². The quantitative estimate of drug-likeness (QED) is 0.728. The number of benzene rings is 1. The Morgan fingerprint density at radius 2 is 2.05 bits per heavy atom. The molecular weight excluding hydrogens is 344 g/mol. The third-order valence-electron chi connectivity index (χ3n) is 2.91. The molecule has 0 saturated heterocycles. The van der Waals surface area contributed by atoms with Gasteiger partial charge >= 0.3 is 0 Å². The van der Waals surface area contributed by atoms with Crippen LogP contribution < -0.4 is 0 Å². The van der Waals surface area contributed by atoms with Crippen LogP contribution in [0.4, 0.5) is 4.39 Å². The lowest BCUT2D eigenvalue weighted by atomic mass is 10.2. The zero-order valence-corrected chi connectivity index (χ0v) is 14.5. The number of rotatable bonds is 6. The molecule has 1 atom stereocenters. The van der Waals surface area contributed by atoms with Crippen LogP contribution in [0.25, 0.3) is 0 Å². The molecule has 20 heavy (non-hydrogen) atoms. The molecule has 0 aliphatic carbocycles. The molecular formula is C12H16Cl2FNO2S2. The van der Waals surface area contributed by atoms with Gasteiger partial charge in [-0.05, 0) is 25.3 Å². The summed E-state index contributed by atoms with van der Waals surface area (Å²) in [5.41, 5.74) is 0.0728. The lowest BCUT2D eigenvalue weighted by Gasteiger charge is -2.24. The molecule has 0 bridgehead atoms. The summed E-state index contributed by atoms with van der Waals surface area (Å²) in [5.74, 6) is -0.369. The van der Waals surface area contributed by atoms with Crippen LogP contribution in [0.5, 0.6) is 0 Å². The third-order valence-corrected chi connectivity index (χ3v) is 6.20. The first kappa shape index (κ1) is 18.0. The van der Waals surface area contributed by atoms with E-state index in [1.165, 1.54) is 24.9 Å². The lowest BCUT2D eigenvalue weighted by molar-refractivity contribution is 0.411. The van der Waals surface area contributed by atoms with Gasteiger partial charge in [-0.15, -0.1) is 11.6 Å². The van der Waals surface area contributed by atoms with Crippen LogP contribution in [-0.4, -0.2) is 37.8 Å². The number of nitrogens with zero attached hydrogens (tertiary/aromatic N) is 1. The predicted octanol–water partition coefficient (Wildman–Crippen LogP) is 3.59. The lowest BCUT2D eigenvalue weighted by Crippen LogP contribution is -2.37. The first-order chi connectivity index (χ1) is 9.25. The zero-order chi connectivity index (χ0) is 15.5. The molecule has 0 aromatic heterocycles. The standard InChI is InChI=1S/C12H16Cl2FNO2S2/c1-8(7-19-3)16(2)20(17,18)11-5-10(14)4-9(6-13)12(11)15/h4-5,8H,6-7H2,1-3H3. The summed E-state index contributed by atoms with van der Waals surface area (Å²) >= 11 is 13.0. The van der Waals surface area contributed by atoms with Crippen molar-refractivity contribution in [3.63, 3.8) is 0 Å². The van der Waals surface area contributed by atoms with Gasteiger partial charge in [0.2, 0.25) is 10.0 Å². The van der Waals surface area contributed by atoms with Crippen molar-refractivity contribution in [2.75, 3.05) is 19.1 Å². The molecule has 1 rings (SSSR count). The van der Waals surface area contributed by atoms with Crippen molar-refractivity contribution in [2.45, 2.75) is 23.7 Å². The van der Waals surface area contributed by atoms with Crippen LogP contribution in [0.3, 0.4) is 0 Å². The van der Waals surface area contributed by atoms with E-state index in [-0.39, 0.29) is 22.5 Å². The van der Waals surface area contributed by atoms with Gasteiger partial charge in [-0.3, -0.25) is 0 Å². The molecule has 114 valence electrons. The normalized spacial score (nSPS) is 13.8.